The van der Waals surface area contributed by atoms with E-state index in [1.54, 1.807) is 31.2 Å². The molecule has 2 aromatic rings. The van der Waals surface area contributed by atoms with E-state index in [4.69, 9.17) is 22.7 Å². The Labute approximate surface area is 161 Å². The number of nitrogens with zero attached hydrogens (tertiary/aromatic N) is 3. The first-order valence-corrected chi connectivity index (χ1v) is 8.98. The first kappa shape index (κ1) is 19.0. The van der Waals surface area contributed by atoms with Crippen LogP contribution in [0.1, 0.15) is 43.0 Å². The van der Waals surface area contributed by atoms with Crippen LogP contribution >= 0.6 is 12.2 Å². The predicted molar refractivity (Wildman–Crippen MR) is 102 cm³/mol. The van der Waals surface area contributed by atoms with Crippen molar-refractivity contribution in [3.05, 3.63) is 58.5 Å². The third-order valence-corrected chi connectivity index (χ3v) is 5.59. The Morgan fingerprint density at radius 1 is 1.33 bits per heavy atom. The third kappa shape index (κ3) is 3.18. The van der Waals surface area contributed by atoms with Crippen molar-refractivity contribution in [1.82, 2.24) is 9.55 Å². The molecular weight excluding hydrogens is 368 g/mol. The second kappa shape index (κ2) is 7.07. The van der Waals surface area contributed by atoms with Gasteiger partial charge in [0.1, 0.15) is 22.3 Å². The summed E-state index contributed by atoms with van der Waals surface area (Å²) in [5.41, 5.74) is 4.38. The minimum Gasteiger partial charge on any atom is -0.453 e. The van der Waals surface area contributed by atoms with Crippen LogP contribution in [-0.4, -0.2) is 31.0 Å². The number of carbonyl (C=O) groups is 1. The number of ether oxygens (including phenoxy) is 1. The largest absolute Gasteiger partial charge is 0.453 e. The number of thiocarbonyl (C=S) groups is 1. The molecule has 0 saturated heterocycles. The standard InChI is InChI=1S/C18H20N4O4S/c1-17(26-15(23)13-7-3-2-4-8-13)9-5-6-10-18(17,16(19)27)21-11-14(20-12-21)22(24)25/h2-4,7-8,11-12H,5-6,9-10H2,1H3,(H2,19,27). The second-order valence-corrected chi connectivity index (χ2v) is 7.25. The molecule has 0 radical (unpaired) electrons. The number of imidazole rings is 1. The van der Waals surface area contributed by atoms with E-state index in [-0.39, 0.29) is 10.8 Å². The summed E-state index contributed by atoms with van der Waals surface area (Å²) in [5, 5.41) is 11.1. The lowest BCUT2D eigenvalue weighted by molar-refractivity contribution is -0.389. The van der Waals surface area contributed by atoms with E-state index in [1.807, 2.05) is 6.07 Å². The van der Waals surface area contributed by atoms with Gasteiger partial charge >= 0.3 is 11.8 Å². The number of hydrogen-bond donors (Lipinski definition) is 1. The van der Waals surface area contributed by atoms with Gasteiger partial charge in [-0.2, -0.15) is 0 Å². The fourth-order valence-corrected chi connectivity index (χ4v) is 4.24. The molecule has 1 aromatic carbocycles. The van der Waals surface area contributed by atoms with E-state index in [0.29, 0.717) is 18.4 Å². The van der Waals surface area contributed by atoms with E-state index in [0.717, 1.165) is 12.8 Å². The molecule has 1 aliphatic rings. The Bertz CT molecular complexity index is 884. The first-order valence-electron chi connectivity index (χ1n) is 8.57. The highest BCUT2D eigenvalue weighted by Gasteiger charge is 2.57. The maximum absolute atomic E-state index is 12.7. The zero-order valence-electron chi connectivity index (χ0n) is 14.8. The van der Waals surface area contributed by atoms with Crippen LogP contribution < -0.4 is 5.73 Å². The lowest BCUT2D eigenvalue weighted by atomic mass is 9.69. The van der Waals surface area contributed by atoms with Crippen molar-refractivity contribution in [2.45, 2.75) is 43.7 Å². The number of carbonyl (C=O) groups excluding carboxylic acids is 1. The number of aromatic nitrogens is 2. The molecule has 0 bridgehead atoms. The van der Waals surface area contributed by atoms with Crippen LogP contribution in [0.5, 0.6) is 0 Å². The number of hydrogen-bond acceptors (Lipinski definition) is 6. The number of nitro groups is 1. The molecule has 2 atom stereocenters. The monoisotopic (exact) mass is 388 g/mol. The molecule has 1 saturated carbocycles. The van der Waals surface area contributed by atoms with Crippen LogP contribution in [0, 0.1) is 10.1 Å². The summed E-state index contributed by atoms with van der Waals surface area (Å²) in [4.78, 5) is 27.2. The molecule has 2 unspecified atom stereocenters. The van der Waals surface area contributed by atoms with Gasteiger partial charge in [0.05, 0.1) is 5.56 Å². The van der Waals surface area contributed by atoms with Crippen molar-refractivity contribution in [3.63, 3.8) is 0 Å². The van der Waals surface area contributed by atoms with Gasteiger partial charge in [-0.1, -0.05) is 36.8 Å². The highest BCUT2D eigenvalue weighted by Crippen LogP contribution is 2.46. The summed E-state index contributed by atoms with van der Waals surface area (Å²) in [7, 11) is 0. The van der Waals surface area contributed by atoms with Crippen LogP contribution in [0.15, 0.2) is 42.9 Å². The Hall–Kier alpha value is -2.81. The average molecular weight is 388 g/mol. The predicted octanol–water partition coefficient (Wildman–Crippen LogP) is 2.96. The molecule has 142 valence electrons. The quantitative estimate of drug-likeness (QED) is 0.362. The van der Waals surface area contributed by atoms with Gasteiger partial charge in [0.15, 0.2) is 0 Å². The summed E-state index contributed by atoms with van der Waals surface area (Å²) in [6, 6.07) is 8.64. The maximum Gasteiger partial charge on any atom is 0.381 e. The normalized spacial score (nSPS) is 24.9. The molecule has 0 spiro atoms. The molecule has 0 amide bonds. The van der Waals surface area contributed by atoms with Crippen molar-refractivity contribution >= 4 is 29.0 Å². The lowest BCUT2D eigenvalue weighted by Crippen LogP contribution is -2.63. The summed E-state index contributed by atoms with van der Waals surface area (Å²) < 4.78 is 7.47. The van der Waals surface area contributed by atoms with E-state index < -0.39 is 22.0 Å². The molecule has 3 rings (SSSR count). The Morgan fingerprint density at radius 2 is 2.00 bits per heavy atom. The SMILES string of the molecule is CC1(OC(=O)c2ccccc2)CCCCC1(C(N)=S)n1cnc([N+](=O)[O-])c1. The topological polar surface area (TPSA) is 113 Å². The molecule has 9 heteroatoms. The summed E-state index contributed by atoms with van der Waals surface area (Å²) in [6.07, 6.45) is 5.25. The number of nitrogens with two attached hydrogens (primary N) is 1. The van der Waals surface area contributed by atoms with Crippen molar-refractivity contribution in [2.24, 2.45) is 5.73 Å². The Balaban J connectivity index is 2.05. The highest BCUT2D eigenvalue weighted by molar-refractivity contribution is 7.80. The van der Waals surface area contributed by atoms with Crippen LogP contribution in [0.4, 0.5) is 5.82 Å². The molecule has 0 aliphatic heterocycles. The summed E-state index contributed by atoms with van der Waals surface area (Å²) in [6.45, 7) is 1.78. The minimum absolute atomic E-state index is 0.109. The zero-order chi connectivity index (χ0) is 19.7. The van der Waals surface area contributed by atoms with Gasteiger partial charge in [0, 0.05) is 0 Å². The average Bonchev–Trinajstić information content (AvgIpc) is 3.13. The van der Waals surface area contributed by atoms with Crippen molar-refractivity contribution in [1.29, 1.82) is 0 Å². The smallest absolute Gasteiger partial charge is 0.381 e. The molecule has 2 N–H and O–H groups in total. The van der Waals surface area contributed by atoms with Crippen molar-refractivity contribution in [2.75, 3.05) is 0 Å². The minimum atomic E-state index is -1.09. The van der Waals surface area contributed by atoms with E-state index in [1.165, 1.54) is 17.1 Å². The van der Waals surface area contributed by atoms with Crippen LogP contribution in [0.2, 0.25) is 0 Å². The molecule has 27 heavy (non-hydrogen) atoms. The molecule has 8 nitrogen and oxygen atoms in total. The number of benzene rings is 1. The second-order valence-electron chi connectivity index (χ2n) is 6.81. The summed E-state index contributed by atoms with van der Waals surface area (Å²) in [5.74, 6) is -0.803. The molecule has 1 aromatic heterocycles. The van der Waals surface area contributed by atoms with Gasteiger partial charge in [0.2, 0.25) is 6.33 Å². The van der Waals surface area contributed by atoms with Gasteiger partial charge in [-0.15, -0.1) is 0 Å². The van der Waals surface area contributed by atoms with Gasteiger partial charge < -0.3 is 20.6 Å². The fourth-order valence-electron chi connectivity index (χ4n) is 3.82. The Morgan fingerprint density at radius 3 is 2.59 bits per heavy atom. The summed E-state index contributed by atoms with van der Waals surface area (Å²) >= 11 is 5.37. The van der Waals surface area contributed by atoms with Crippen molar-refractivity contribution < 1.29 is 14.5 Å². The fraction of sp³-hybridized carbons (Fsp3) is 0.389. The third-order valence-electron chi connectivity index (χ3n) is 5.25. The lowest BCUT2D eigenvalue weighted by Gasteiger charge is -2.50. The number of esters is 1. The molecule has 1 heterocycles. The van der Waals surface area contributed by atoms with Crippen LogP contribution in [0.25, 0.3) is 0 Å². The molecular formula is C18H20N4O4S. The van der Waals surface area contributed by atoms with Gasteiger partial charge in [-0.25, -0.2) is 4.79 Å². The maximum atomic E-state index is 12.7. The highest BCUT2D eigenvalue weighted by atomic mass is 32.1. The van der Waals surface area contributed by atoms with Gasteiger partial charge in [-0.3, -0.25) is 4.57 Å². The molecule has 1 fully saturated rings. The van der Waals surface area contributed by atoms with Crippen LogP contribution in [-0.2, 0) is 10.3 Å². The first-order chi connectivity index (χ1) is 12.8. The van der Waals surface area contributed by atoms with Crippen molar-refractivity contribution in [3.8, 4) is 0 Å². The Kier molecular flexibility index (Phi) is 4.97. The van der Waals surface area contributed by atoms with Gasteiger partial charge in [0.25, 0.3) is 0 Å². The van der Waals surface area contributed by atoms with E-state index in [9.17, 15) is 14.9 Å². The van der Waals surface area contributed by atoms with Gasteiger partial charge in [-0.05, 0) is 48.2 Å². The van der Waals surface area contributed by atoms with E-state index >= 15 is 0 Å². The zero-order valence-corrected chi connectivity index (χ0v) is 15.6. The molecule has 1 aliphatic carbocycles. The number of rotatable bonds is 5. The van der Waals surface area contributed by atoms with Crippen LogP contribution in [0.3, 0.4) is 0 Å². The van der Waals surface area contributed by atoms with E-state index in [2.05, 4.69) is 4.98 Å².